The third-order valence-electron chi connectivity index (χ3n) is 5.97. The molecule has 1 atom stereocenters. The highest BCUT2D eigenvalue weighted by atomic mass is 32.2. The Morgan fingerprint density at radius 3 is 2.29 bits per heavy atom. The highest BCUT2D eigenvalue weighted by molar-refractivity contribution is 7.81. The first-order valence-corrected chi connectivity index (χ1v) is 13.5. The number of anilines is 5. The molecule has 3 N–H and O–H groups in total. The van der Waals surface area contributed by atoms with Crippen molar-refractivity contribution in [3.8, 4) is 11.5 Å². The summed E-state index contributed by atoms with van der Waals surface area (Å²) in [7, 11) is 3.08. The maximum absolute atomic E-state index is 12.8. The summed E-state index contributed by atoms with van der Waals surface area (Å²) in [6.45, 7) is 0. The molecule has 0 aliphatic rings. The number of carbonyl (C=O) groups is 1. The average Bonchev–Trinajstić information content (AvgIpc) is 2.97. The highest BCUT2D eigenvalue weighted by Crippen LogP contribution is 2.36. The van der Waals surface area contributed by atoms with E-state index in [9.17, 15) is 13.6 Å². The van der Waals surface area contributed by atoms with Crippen molar-refractivity contribution in [1.29, 1.82) is 0 Å². The number of para-hydroxylation sites is 2. The molecule has 0 fully saturated rings. The average molecular weight is 571 g/mol. The number of aromatic nitrogens is 3. The predicted octanol–water partition coefficient (Wildman–Crippen LogP) is 5.24. The molecule has 0 spiro atoms. The van der Waals surface area contributed by atoms with Gasteiger partial charge in [0, 0.05) is 42.0 Å². The molecule has 41 heavy (non-hydrogen) atoms. The van der Waals surface area contributed by atoms with E-state index in [-0.39, 0.29) is 24.0 Å². The van der Waals surface area contributed by atoms with E-state index in [0.29, 0.717) is 39.6 Å². The molecule has 0 saturated carbocycles. The van der Waals surface area contributed by atoms with E-state index < -0.39 is 11.3 Å². The summed E-state index contributed by atoms with van der Waals surface area (Å²) in [5, 5.41) is 6.03. The molecule has 2 heterocycles. The molecule has 2 aromatic heterocycles. The van der Waals surface area contributed by atoms with Gasteiger partial charge in [-0.3, -0.25) is 14.3 Å². The Hall–Kier alpha value is -5.07. The van der Waals surface area contributed by atoms with Crippen molar-refractivity contribution in [3.05, 3.63) is 96.8 Å². The van der Waals surface area contributed by atoms with Crippen molar-refractivity contribution in [1.82, 2.24) is 15.0 Å². The zero-order valence-electron chi connectivity index (χ0n) is 22.1. The van der Waals surface area contributed by atoms with Crippen LogP contribution in [-0.4, -0.2) is 43.8 Å². The Morgan fingerprint density at radius 1 is 0.902 bits per heavy atom. The molecule has 5 rings (SSSR count). The van der Waals surface area contributed by atoms with E-state index in [1.165, 1.54) is 0 Å². The fourth-order valence-corrected chi connectivity index (χ4v) is 4.69. The van der Waals surface area contributed by atoms with Crippen LogP contribution in [0.25, 0.3) is 11.0 Å². The van der Waals surface area contributed by atoms with Crippen molar-refractivity contribution in [2.45, 2.75) is 6.42 Å². The molecule has 11 nitrogen and oxygen atoms in total. The van der Waals surface area contributed by atoms with Gasteiger partial charge in [-0.05, 0) is 42.0 Å². The van der Waals surface area contributed by atoms with Crippen LogP contribution in [0, 0.1) is 0 Å². The van der Waals surface area contributed by atoms with Gasteiger partial charge >= 0.3 is 0 Å². The molecule has 0 aliphatic heterocycles. The summed E-state index contributed by atoms with van der Waals surface area (Å²) in [4.78, 5) is 26.1. The van der Waals surface area contributed by atoms with Crippen LogP contribution in [0.5, 0.6) is 11.5 Å². The topological polar surface area (TPSA) is 139 Å². The zero-order chi connectivity index (χ0) is 28.8. The summed E-state index contributed by atoms with van der Waals surface area (Å²) in [5.41, 5.74) is 3.16. The smallest absolute Gasteiger partial charge is 0.268 e. The van der Waals surface area contributed by atoms with Crippen LogP contribution in [-0.2, 0) is 22.5 Å². The van der Waals surface area contributed by atoms with Crippen molar-refractivity contribution < 1.29 is 23.0 Å². The number of ether oxygens (including phenoxy) is 2. The first kappa shape index (κ1) is 27.5. The Bertz CT molecular complexity index is 1700. The SMILES string of the molecule is COc1cc(Nc2nc3ccccc3nc2N(c2cccc(NC(=O)Cc3cccnc3)c2)S(=O)O)cc(OC)c1. The number of methoxy groups -OCH3 is 2. The summed E-state index contributed by atoms with van der Waals surface area (Å²) >= 11 is -2.56. The van der Waals surface area contributed by atoms with E-state index in [4.69, 9.17) is 19.4 Å². The van der Waals surface area contributed by atoms with Gasteiger partial charge in [-0.2, -0.15) is 0 Å². The third-order valence-corrected chi connectivity index (χ3v) is 6.66. The quantitative estimate of drug-likeness (QED) is 0.192. The highest BCUT2D eigenvalue weighted by Gasteiger charge is 2.23. The number of nitrogens with one attached hydrogen (secondary N) is 2. The summed E-state index contributed by atoms with van der Waals surface area (Å²) in [5.74, 6) is 1.13. The van der Waals surface area contributed by atoms with E-state index in [1.54, 1.807) is 93.3 Å². The van der Waals surface area contributed by atoms with Gasteiger partial charge in [0.15, 0.2) is 11.6 Å². The van der Waals surface area contributed by atoms with E-state index in [1.807, 2.05) is 12.1 Å². The fraction of sp³-hybridized carbons (Fsp3) is 0.103. The maximum Gasteiger partial charge on any atom is 0.268 e. The lowest BCUT2D eigenvalue weighted by atomic mass is 10.2. The monoisotopic (exact) mass is 570 g/mol. The van der Waals surface area contributed by atoms with E-state index >= 15 is 0 Å². The van der Waals surface area contributed by atoms with Crippen molar-refractivity contribution in [3.63, 3.8) is 0 Å². The van der Waals surface area contributed by atoms with Gasteiger partial charge in [0.05, 0.1) is 37.4 Å². The number of rotatable bonds is 10. The van der Waals surface area contributed by atoms with Crippen LogP contribution in [0.4, 0.5) is 28.7 Å². The van der Waals surface area contributed by atoms with Crippen LogP contribution < -0.4 is 24.4 Å². The van der Waals surface area contributed by atoms with Crippen LogP contribution in [0.1, 0.15) is 5.56 Å². The van der Waals surface area contributed by atoms with Gasteiger partial charge in [-0.15, -0.1) is 0 Å². The first-order valence-electron chi connectivity index (χ1n) is 12.4. The molecule has 208 valence electrons. The molecular weight excluding hydrogens is 544 g/mol. The second-order valence-electron chi connectivity index (χ2n) is 8.77. The van der Waals surface area contributed by atoms with Gasteiger partial charge in [-0.25, -0.2) is 18.5 Å². The minimum atomic E-state index is -2.56. The minimum absolute atomic E-state index is 0.0881. The van der Waals surface area contributed by atoms with Gasteiger partial charge in [0.2, 0.25) is 5.91 Å². The van der Waals surface area contributed by atoms with Crippen LogP contribution in [0.2, 0.25) is 0 Å². The molecule has 12 heteroatoms. The molecular formula is C29H26N6O5S. The number of hydrogen-bond donors (Lipinski definition) is 3. The molecule has 0 aliphatic carbocycles. The zero-order valence-corrected chi connectivity index (χ0v) is 23.0. The lowest BCUT2D eigenvalue weighted by Gasteiger charge is -2.23. The minimum Gasteiger partial charge on any atom is -0.497 e. The Kier molecular flexibility index (Phi) is 8.32. The predicted molar refractivity (Wildman–Crippen MR) is 158 cm³/mol. The van der Waals surface area contributed by atoms with Crippen molar-refractivity contribution in [2.24, 2.45) is 0 Å². The van der Waals surface area contributed by atoms with Crippen LogP contribution in [0.15, 0.2) is 91.3 Å². The molecule has 1 unspecified atom stereocenters. The number of carbonyl (C=O) groups excluding carboxylic acids is 1. The standard InChI is InChI=1S/C29H26N6O5S/c1-39-23-15-21(16-24(17-23)40-2)32-28-29(34-26-11-4-3-10-25(26)33-28)35(41(37)38)22-9-5-8-20(14-22)31-27(36)13-19-7-6-12-30-18-19/h3-12,14-18H,13H2,1-2H3,(H,31,36)(H,32,33)(H,37,38). The lowest BCUT2D eigenvalue weighted by molar-refractivity contribution is -0.115. The normalized spacial score (nSPS) is 11.5. The number of fused-ring (bicyclic) bond motifs is 1. The summed E-state index contributed by atoms with van der Waals surface area (Å²) in [6.07, 6.45) is 3.39. The van der Waals surface area contributed by atoms with Gasteiger partial charge in [-0.1, -0.05) is 24.3 Å². The van der Waals surface area contributed by atoms with Gasteiger partial charge in [0.25, 0.3) is 11.3 Å². The molecule has 5 aromatic rings. The second kappa shape index (κ2) is 12.4. The van der Waals surface area contributed by atoms with Crippen LogP contribution in [0.3, 0.4) is 0 Å². The molecule has 1 amide bonds. The number of nitrogens with zero attached hydrogens (tertiary/aromatic N) is 4. The van der Waals surface area contributed by atoms with Crippen molar-refractivity contribution in [2.75, 3.05) is 29.2 Å². The number of hydrogen-bond acceptors (Lipinski definition) is 8. The second-order valence-corrected chi connectivity index (χ2v) is 9.60. The Morgan fingerprint density at radius 2 is 1.63 bits per heavy atom. The largest absolute Gasteiger partial charge is 0.497 e. The summed E-state index contributed by atoms with van der Waals surface area (Å²) < 4.78 is 35.2. The molecule has 0 saturated heterocycles. The summed E-state index contributed by atoms with van der Waals surface area (Å²) in [6, 6.07) is 22.5. The number of benzene rings is 3. The number of pyridine rings is 1. The Balaban J connectivity index is 1.53. The van der Waals surface area contributed by atoms with E-state index in [0.717, 1.165) is 9.87 Å². The maximum atomic E-state index is 12.8. The third kappa shape index (κ3) is 6.57. The van der Waals surface area contributed by atoms with Crippen LogP contribution >= 0.6 is 0 Å². The number of amides is 1. The van der Waals surface area contributed by atoms with Gasteiger partial charge < -0.3 is 20.1 Å². The van der Waals surface area contributed by atoms with Crippen molar-refractivity contribution >= 4 is 56.9 Å². The molecule has 0 bridgehead atoms. The van der Waals surface area contributed by atoms with Gasteiger partial charge in [0.1, 0.15) is 11.5 Å². The Labute approximate surface area is 238 Å². The lowest BCUT2D eigenvalue weighted by Crippen LogP contribution is -2.22. The fourth-order valence-electron chi connectivity index (χ4n) is 4.12. The first-order chi connectivity index (χ1) is 19.9. The molecule has 0 radical (unpaired) electrons. The molecule has 3 aromatic carbocycles. The van der Waals surface area contributed by atoms with E-state index in [2.05, 4.69) is 15.6 Å².